The molecular weight excluding hydrogens is 272 g/mol. The van der Waals surface area contributed by atoms with E-state index in [9.17, 15) is 9.59 Å². The van der Waals surface area contributed by atoms with E-state index in [1.165, 1.54) is 0 Å². The molecule has 1 aliphatic rings. The van der Waals surface area contributed by atoms with Gasteiger partial charge >= 0.3 is 6.03 Å². The highest BCUT2D eigenvalue weighted by atomic mass is 16.5. The van der Waals surface area contributed by atoms with Gasteiger partial charge in [-0.05, 0) is 29.7 Å². The number of ether oxygens (including phenoxy) is 2. The highest BCUT2D eigenvalue weighted by Crippen LogP contribution is 2.29. The van der Waals surface area contributed by atoms with E-state index in [2.05, 4.69) is 24.5 Å². The number of amides is 3. The summed E-state index contributed by atoms with van der Waals surface area (Å²) in [5.74, 6) is 1.19. The summed E-state index contributed by atoms with van der Waals surface area (Å²) in [6.07, 6.45) is 1.58. The Morgan fingerprint density at radius 2 is 1.95 bits per heavy atom. The lowest BCUT2D eigenvalue weighted by atomic mass is 10.1. The zero-order valence-electron chi connectivity index (χ0n) is 12.2. The van der Waals surface area contributed by atoms with Crippen LogP contribution in [-0.4, -0.2) is 25.7 Å². The largest absolute Gasteiger partial charge is 0.493 e. The molecule has 0 unspecified atom stereocenters. The molecule has 6 nitrogen and oxygen atoms in total. The molecule has 0 aromatic heterocycles. The number of urea groups is 1. The minimum atomic E-state index is -0.518. The van der Waals surface area contributed by atoms with Gasteiger partial charge in [-0.25, -0.2) is 4.79 Å². The fourth-order valence-electron chi connectivity index (χ4n) is 1.80. The van der Waals surface area contributed by atoms with Gasteiger partial charge < -0.3 is 14.8 Å². The monoisotopic (exact) mass is 290 g/mol. The molecule has 1 saturated heterocycles. The fourth-order valence-corrected chi connectivity index (χ4v) is 1.80. The summed E-state index contributed by atoms with van der Waals surface area (Å²) in [5.41, 5.74) is 0.939. The Labute approximate surface area is 123 Å². The van der Waals surface area contributed by atoms with Crippen LogP contribution in [0.2, 0.25) is 0 Å². The lowest BCUT2D eigenvalue weighted by molar-refractivity contribution is -0.115. The molecule has 0 bridgehead atoms. The number of carbonyl (C=O) groups excluding carboxylic acids is 2. The molecule has 0 spiro atoms. The van der Waals surface area contributed by atoms with Crippen molar-refractivity contribution in [2.24, 2.45) is 5.92 Å². The number of imide groups is 1. The van der Waals surface area contributed by atoms with Crippen LogP contribution < -0.4 is 20.1 Å². The van der Waals surface area contributed by atoms with E-state index >= 15 is 0 Å². The highest BCUT2D eigenvalue weighted by molar-refractivity contribution is 6.13. The Kier molecular flexibility index (Phi) is 4.47. The molecule has 1 aromatic rings. The summed E-state index contributed by atoms with van der Waals surface area (Å²) >= 11 is 0. The van der Waals surface area contributed by atoms with Crippen molar-refractivity contribution in [1.82, 2.24) is 10.6 Å². The minimum Gasteiger partial charge on any atom is -0.493 e. The average molecular weight is 290 g/mol. The van der Waals surface area contributed by atoms with Gasteiger partial charge in [0.1, 0.15) is 5.70 Å². The maximum atomic E-state index is 11.5. The second kappa shape index (κ2) is 6.30. The van der Waals surface area contributed by atoms with Crippen LogP contribution in [0.5, 0.6) is 11.5 Å². The topological polar surface area (TPSA) is 76.7 Å². The van der Waals surface area contributed by atoms with Crippen molar-refractivity contribution in [3.8, 4) is 11.5 Å². The van der Waals surface area contributed by atoms with E-state index in [-0.39, 0.29) is 5.70 Å². The first kappa shape index (κ1) is 14.9. The standard InChI is InChI=1S/C15H18N2O4/c1-9(2)8-21-12-5-4-10(7-13(12)20-3)6-11-14(18)17-15(19)16-11/h4-7,9H,8H2,1-3H3,(H2,16,17,18,19). The van der Waals surface area contributed by atoms with Crippen LogP contribution in [0.15, 0.2) is 23.9 Å². The molecule has 21 heavy (non-hydrogen) atoms. The predicted molar refractivity (Wildman–Crippen MR) is 78.0 cm³/mol. The van der Waals surface area contributed by atoms with Crippen LogP contribution >= 0.6 is 0 Å². The quantitative estimate of drug-likeness (QED) is 0.641. The number of rotatable bonds is 5. The lowest BCUT2D eigenvalue weighted by Gasteiger charge is -2.12. The average Bonchev–Trinajstić information content (AvgIpc) is 2.75. The van der Waals surface area contributed by atoms with Gasteiger partial charge in [0.25, 0.3) is 5.91 Å². The van der Waals surface area contributed by atoms with Crippen LogP contribution in [0.25, 0.3) is 6.08 Å². The number of nitrogens with one attached hydrogen (secondary N) is 2. The van der Waals surface area contributed by atoms with Gasteiger partial charge in [-0.15, -0.1) is 0 Å². The molecule has 2 N–H and O–H groups in total. The second-order valence-corrected chi connectivity index (χ2v) is 5.08. The normalized spacial score (nSPS) is 16.1. The van der Waals surface area contributed by atoms with Crippen LogP contribution in [0.1, 0.15) is 19.4 Å². The Morgan fingerprint density at radius 1 is 1.19 bits per heavy atom. The number of benzene rings is 1. The third kappa shape index (κ3) is 3.75. The van der Waals surface area contributed by atoms with E-state index in [1.807, 2.05) is 0 Å². The van der Waals surface area contributed by atoms with Crippen molar-refractivity contribution in [3.63, 3.8) is 0 Å². The summed E-state index contributed by atoms with van der Waals surface area (Å²) in [7, 11) is 1.55. The maximum absolute atomic E-state index is 11.5. The number of carbonyl (C=O) groups is 2. The van der Waals surface area contributed by atoms with E-state index in [4.69, 9.17) is 9.47 Å². The van der Waals surface area contributed by atoms with Gasteiger partial charge in [0.15, 0.2) is 11.5 Å². The molecule has 6 heteroatoms. The summed E-state index contributed by atoms with van der Waals surface area (Å²) in [6, 6.07) is 4.81. The molecule has 1 aliphatic heterocycles. The van der Waals surface area contributed by atoms with Crippen LogP contribution in [0, 0.1) is 5.92 Å². The highest BCUT2D eigenvalue weighted by Gasteiger charge is 2.22. The molecule has 112 valence electrons. The Hall–Kier alpha value is -2.50. The molecule has 3 amide bonds. The van der Waals surface area contributed by atoms with E-state index in [1.54, 1.807) is 31.4 Å². The second-order valence-electron chi connectivity index (χ2n) is 5.08. The van der Waals surface area contributed by atoms with Gasteiger partial charge in [0.05, 0.1) is 13.7 Å². The molecule has 1 aromatic carbocycles. The Balaban J connectivity index is 2.21. The Bertz CT molecular complexity index is 593. The zero-order valence-corrected chi connectivity index (χ0v) is 12.2. The minimum absolute atomic E-state index is 0.206. The van der Waals surface area contributed by atoms with Crippen molar-refractivity contribution in [1.29, 1.82) is 0 Å². The fraction of sp³-hybridized carbons (Fsp3) is 0.333. The molecule has 0 atom stereocenters. The SMILES string of the molecule is COc1cc(C=C2NC(=O)NC2=O)ccc1OCC(C)C. The van der Waals surface area contributed by atoms with Crippen LogP contribution in [-0.2, 0) is 4.79 Å². The summed E-state index contributed by atoms with van der Waals surface area (Å²) in [5, 5.41) is 4.58. The van der Waals surface area contributed by atoms with Crippen molar-refractivity contribution < 1.29 is 19.1 Å². The molecule has 2 rings (SSSR count). The van der Waals surface area contributed by atoms with Crippen molar-refractivity contribution in [2.45, 2.75) is 13.8 Å². The van der Waals surface area contributed by atoms with Gasteiger partial charge in [0.2, 0.25) is 0 Å². The van der Waals surface area contributed by atoms with E-state index in [0.717, 1.165) is 5.56 Å². The summed E-state index contributed by atoms with van der Waals surface area (Å²) < 4.78 is 10.9. The lowest BCUT2D eigenvalue weighted by Crippen LogP contribution is -2.22. The first-order valence-electron chi connectivity index (χ1n) is 6.64. The third-order valence-electron chi connectivity index (χ3n) is 2.79. The summed E-state index contributed by atoms with van der Waals surface area (Å²) in [4.78, 5) is 22.5. The van der Waals surface area contributed by atoms with Crippen molar-refractivity contribution in [3.05, 3.63) is 29.5 Å². The van der Waals surface area contributed by atoms with Crippen LogP contribution in [0.3, 0.4) is 0 Å². The molecule has 0 aliphatic carbocycles. The smallest absolute Gasteiger partial charge is 0.326 e. The summed E-state index contributed by atoms with van der Waals surface area (Å²) in [6.45, 7) is 4.72. The van der Waals surface area contributed by atoms with Gasteiger partial charge in [-0.3, -0.25) is 10.1 Å². The predicted octanol–water partition coefficient (Wildman–Crippen LogP) is 1.91. The van der Waals surface area contributed by atoms with Crippen molar-refractivity contribution >= 4 is 18.0 Å². The van der Waals surface area contributed by atoms with Crippen molar-refractivity contribution in [2.75, 3.05) is 13.7 Å². The maximum Gasteiger partial charge on any atom is 0.326 e. The van der Waals surface area contributed by atoms with E-state index in [0.29, 0.717) is 24.0 Å². The number of hydrogen-bond acceptors (Lipinski definition) is 4. The first-order valence-corrected chi connectivity index (χ1v) is 6.64. The Morgan fingerprint density at radius 3 is 2.52 bits per heavy atom. The number of methoxy groups -OCH3 is 1. The van der Waals surface area contributed by atoms with Crippen LogP contribution in [0.4, 0.5) is 4.79 Å². The van der Waals surface area contributed by atoms with E-state index < -0.39 is 11.9 Å². The molecule has 0 saturated carbocycles. The van der Waals surface area contributed by atoms with Gasteiger partial charge in [-0.2, -0.15) is 0 Å². The van der Waals surface area contributed by atoms with Gasteiger partial charge in [-0.1, -0.05) is 19.9 Å². The molecule has 0 radical (unpaired) electrons. The molecular formula is C15H18N2O4. The zero-order chi connectivity index (χ0) is 15.4. The molecule has 1 fully saturated rings. The third-order valence-corrected chi connectivity index (χ3v) is 2.79. The number of hydrogen-bond donors (Lipinski definition) is 2. The first-order chi connectivity index (χ1) is 9.99. The van der Waals surface area contributed by atoms with Gasteiger partial charge in [0, 0.05) is 0 Å². The molecule has 1 heterocycles.